The van der Waals surface area contributed by atoms with Crippen molar-refractivity contribution in [3.8, 4) is 0 Å². The van der Waals surface area contributed by atoms with E-state index in [-0.39, 0.29) is 24.3 Å². The first-order valence-electron chi connectivity index (χ1n) is 8.14. The van der Waals surface area contributed by atoms with Crippen LogP contribution in [0.4, 0.5) is 0 Å². The van der Waals surface area contributed by atoms with Crippen molar-refractivity contribution in [1.82, 2.24) is 20.4 Å². The number of piperidine rings is 1. The van der Waals surface area contributed by atoms with Crippen molar-refractivity contribution < 1.29 is 14.1 Å². The van der Waals surface area contributed by atoms with E-state index >= 15 is 0 Å². The highest BCUT2D eigenvalue weighted by molar-refractivity contribution is 6.30. The molecule has 7 nitrogen and oxygen atoms in total. The predicted octanol–water partition coefficient (Wildman–Crippen LogP) is 2.20. The van der Waals surface area contributed by atoms with Gasteiger partial charge < -0.3 is 14.7 Å². The monoisotopic (exact) mass is 362 g/mol. The number of benzene rings is 1. The second kappa shape index (κ2) is 7.65. The Morgan fingerprint density at radius 3 is 2.76 bits per heavy atom. The van der Waals surface area contributed by atoms with Crippen molar-refractivity contribution in [2.75, 3.05) is 13.1 Å². The Hall–Kier alpha value is -2.41. The molecule has 0 saturated carbocycles. The first-order chi connectivity index (χ1) is 12.0. The molecule has 1 saturated heterocycles. The number of likely N-dealkylation sites (tertiary alicyclic amines) is 1. The first kappa shape index (κ1) is 17.4. The SMILES string of the molecule is Cc1noc(CNC(=O)C2CCN(C(=O)c3cccc(Cl)c3)CC2)n1. The van der Waals surface area contributed by atoms with Crippen LogP contribution in [-0.2, 0) is 11.3 Å². The van der Waals surface area contributed by atoms with Crippen LogP contribution in [0.25, 0.3) is 0 Å². The summed E-state index contributed by atoms with van der Waals surface area (Å²) in [5.74, 6) is 0.706. The zero-order valence-corrected chi connectivity index (χ0v) is 14.6. The summed E-state index contributed by atoms with van der Waals surface area (Å²) in [6.45, 7) is 3.04. The number of amides is 2. The average molecular weight is 363 g/mol. The van der Waals surface area contributed by atoms with Crippen molar-refractivity contribution in [1.29, 1.82) is 0 Å². The highest BCUT2D eigenvalue weighted by atomic mass is 35.5. The molecule has 3 rings (SSSR count). The summed E-state index contributed by atoms with van der Waals surface area (Å²) in [4.78, 5) is 30.5. The van der Waals surface area contributed by atoms with Gasteiger partial charge in [-0.05, 0) is 38.0 Å². The van der Waals surface area contributed by atoms with Gasteiger partial charge in [-0.15, -0.1) is 0 Å². The van der Waals surface area contributed by atoms with Crippen LogP contribution in [0, 0.1) is 12.8 Å². The number of halogens is 1. The summed E-state index contributed by atoms with van der Waals surface area (Å²) in [5, 5.41) is 7.03. The zero-order valence-electron chi connectivity index (χ0n) is 13.9. The molecule has 25 heavy (non-hydrogen) atoms. The Morgan fingerprint density at radius 1 is 1.36 bits per heavy atom. The van der Waals surface area contributed by atoms with E-state index in [0.717, 1.165) is 0 Å². The maximum absolute atomic E-state index is 12.5. The van der Waals surface area contributed by atoms with E-state index in [1.807, 2.05) is 0 Å². The zero-order chi connectivity index (χ0) is 17.8. The molecule has 0 bridgehead atoms. The van der Waals surface area contributed by atoms with Gasteiger partial charge in [0.25, 0.3) is 5.91 Å². The van der Waals surface area contributed by atoms with Crippen LogP contribution in [0.5, 0.6) is 0 Å². The molecule has 2 aromatic rings. The molecule has 0 aliphatic carbocycles. The van der Waals surface area contributed by atoms with Crippen LogP contribution in [0.2, 0.25) is 5.02 Å². The van der Waals surface area contributed by atoms with Crippen LogP contribution in [-0.4, -0.2) is 39.9 Å². The third-order valence-electron chi connectivity index (χ3n) is 4.21. The van der Waals surface area contributed by atoms with Crippen molar-refractivity contribution in [2.45, 2.75) is 26.3 Å². The Morgan fingerprint density at radius 2 is 2.12 bits per heavy atom. The molecule has 1 fully saturated rings. The van der Waals surface area contributed by atoms with E-state index in [1.54, 1.807) is 36.1 Å². The molecule has 0 spiro atoms. The van der Waals surface area contributed by atoms with Crippen LogP contribution in [0.1, 0.15) is 34.9 Å². The number of nitrogens with one attached hydrogen (secondary N) is 1. The molecule has 0 atom stereocenters. The summed E-state index contributed by atoms with van der Waals surface area (Å²) < 4.78 is 4.97. The molecule has 1 aromatic carbocycles. The second-order valence-electron chi connectivity index (χ2n) is 6.03. The lowest BCUT2D eigenvalue weighted by molar-refractivity contribution is -0.126. The Bertz CT molecular complexity index is 769. The standard InChI is InChI=1S/C17H19ClN4O3/c1-11-20-15(25-21-11)10-19-16(23)12-5-7-22(8-6-12)17(24)13-3-2-4-14(18)9-13/h2-4,9,12H,5-8,10H2,1H3,(H,19,23). The van der Waals surface area contributed by atoms with Crippen molar-refractivity contribution in [3.05, 3.63) is 46.6 Å². The molecule has 1 aliphatic heterocycles. The van der Waals surface area contributed by atoms with Gasteiger partial charge in [-0.1, -0.05) is 22.8 Å². The molecule has 2 amide bonds. The maximum atomic E-state index is 12.5. The quantitative estimate of drug-likeness (QED) is 0.900. The van der Waals surface area contributed by atoms with Gasteiger partial charge in [0.05, 0.1) is 6.54 Å². The minimum Gasteiger partial charge on any atom is -0.347 e. The van der Waals surface area contributed by atoms with Gasteiger partial charge in [-0.25, -0.2) is 0 Å². The average Bonchev–Trinajstić information content (AvgIpc) is 3.04. The van der Waals surface area contributed by atoms with Gasteiger partial charge in [-0.3, -0.25) is 9.59 Å². The van der Waals surface area contributed by atoms with E-state index in [1.165, 1.54) is 0 Å². The minimum absolute atomic E-state index is 0.0503. The fraction of sp³-hybridized carbons (Fsp3) is 0.412. The number of carbonyl (C=O) groups is 2. The minimum atomic E-state index is -0.118. The Labute approximate surface area is 150 Å². The van der Waals surface area contributed by atoms with Gasteiger partial charge in [0, 0.05) is 29.6 Å². The normalized spacial score (nSPS) is 15.2. The molecule has 1 N–H and O–H groups in total. The molecule has 1 aromatic heterocycles. The van der Waals surface area contributed by atoms with Crippen molar-refractivity contribution in [3.63, 3.8) is 0 Å². The summed E-state index contributed by atoms with van der Waals surface area (Å²) in [7, 11) is 0. The third kappa shape index (κ3) is 4.36. The lowest BCUT2D eigenvalue weighted by atomic mass is 9.95. The molecular formula is C17H19ClN4O3. The Kier molecular flexibility index (Phi) is 5.33. The lowest BCUT2D eigenvalue weighted by Crippen LogP contribution is -2.42. The smallest absolute Gasteiger partial charge is 0.253 e. The third-order valence-corrected chi connectivity index (χ3v) is 4.44. The topological polar surface area (TPSA) is 88.3 Å². The number of aromatic nitrogens is 2. The number of aryl methyl sites for hydroxylation is 1. The molecule has 0 radical (unpaired) electrons. The second-order valence-corrected chi connectivity index (χ2v) is 6.47. The molecule has 0 unspecified atom stereocenters. The van der Waals surface area contributed by atoms with Gasteiger partial charge in [-0.2, -0.15) is 4.98 Å². The number of rotatable bonds is 4. The summed E-state index contributed by atoms with van der Waals surface area (Å²) in [6, 6.07) is 6.91. The molecular weight excluding hydrogens is 344 g/mol. The van der Waals surface area contributed by atoms with E-state index < -0.39 is 0 Å². The number of hydrogen-bond acceptors (Lipinski definition) is 5. The highest BCUT2D eigenvalue weighted by Crippen LogP contribution is 2.20. The predicted molar refractivity (Wildman–Crippen MR) is 91.0 cm³/mol. The van der Waals surface area contributed by atoms with Crippen LogP contribution in [0.15, 0.2) is 28.8 Å². The van der Waals surface area contributed by atoms with Crippen LogP contribution < -0.4 is 5.32 Å². The summed E-state index contributed by atoms with van der Waals surface area (Å²) >= 11 is 5.94. The Balaban J connectivity index is 1.49. The molecule has 132 valence electrons. The van der Waals surface area contributed by atoms with Crippen LogP contribution >= 0.6 is 11.6 Å². The summed E-state index contributed by atoms with van der Waals surface area (Å²) in [5.41, 5.74) is 0.571. The van der Waals surface area contributed by atoms with Crippen molar-refractivity contribution >= 4 is 23.4 Å². The van der Waals surface area contributed by atoms with E-state index in [0.29, 0.717) is 48.2 Å². The number of hydrogen-bond donors (Lipinski definition) is 1. The van der Waals surface area contributed by atoms with Crippen LogP contribution in [0.3, 0.4) is 0 Å². The van der Waals surface area contributed by atoms with Gasteiger partial charge in [0.1, 0.15) is 0 Å². The lowest BCUT2D eigenvalue weighted by Gasteiger charge is -2.31. The van der Waals surface area contributed by atoms with Gasteiger partial charge in [0.15, 0.2) is 5.82 Å². The van der Waals surface area contributed by atoms with Gasteiger partial charge >= 0.3 is 0 Å². The molecule has 8 heteroatoms. The van der Waals surface area contributed by atoms with E-state index in [4.69, 9.17) is 16.1 Å². The molecule has 2 heterocycles. The summed E-state index contributed by atoms with van der Waals surface area (Å²) in [6.07, 6.45) is 1.25. The number of carbonyl (C=O) groups excluding carboxylic acids is 2. The fourth-order valence-corrected chi connectivity index (χ4v) is 3.06. The van der Waals surface area contributed by atoms with Crippen molar-refractivity contribution in [2.24, 2.45) is 5.92 Å². The van der Waals surface area contributed by atoms with Gasteiger partial charge in [0.2, 0.25) is 11.8 Å². The van der Waals surface area contributed by atoms with E-state index in [9.17, 15) is 9.59 Å². The molecule has 1 aliphatic rings. The maximum Gasteiger partial charge on any atom is 0.253 e. The first-order valence-corrected chi connectivity index (χ1v) is 8.52. The largest absolute Gasteiger partial charge is 0.347 e. The fourth-order valence-electron chi connectivity index (χ4n) is 2.87. The van der Waals surface area contributed by atoms with E-state index in [2.05, 4.69) is 15.5 Å². The number of nitrogens with zero attached hydrogens (tertiary/aromatic N) is 3. The highest BCUT2D eigenvalue weighted by Gasteiger charge is 2.28.